The molecule has 3 rings (SSSR count). The van der Waals surface area contributed by atoms with E-state index >= 15 is 0 Å². The fraction of sp³-hybridized carbons (Fsp3) is 0.318. The molecule has 0 saturated carbocycles. The molecule has 3 amide bonds. The van der Waals surface area contributed by atoms with Gasteiger partial charge in [0.25, 0.3) is 11.8 Å². The average molecular weight is 414 g/mol. The van der Waals surface area contributed by atoms with E-state index in [0.29, 0.717) is 48.6 Å². The third kappa shape index (κ3) is 5.57. The first-order chi connectivity index (χ1) is 14.1. The van der Waals surface area contributed by atoms with Gasteiger partial charge >= 0.3 is 0 Å². The molecule has 0 radical (unpaired) electrons. The van der Waals surface area contributed by atoms with Crippen molar-refractivity contribution in [1.29, 1.82) is 0 Å². The van der Waals surface area contributed by atoms with Crippen molar-refractivity contribution in [2.75, 3.05) is 19.6 Å². The van der Waals surface area contributed by atoms with Gasteiger partial charge in [0.2, 0.25) is 5.91 Å². The van der Waals surface area contributed by atoms with Gasteiger partial charge in [-0.15, -0.1) is 0 Å². The van der Waals surface area contributed by atoms with E-state index in [1.54, 1.807) is 41.3 Å². The van der Waals surface area contributed by atoms with Gasteiger partial charge in [0.05, 0.1) is 0 Å². The van der Waals surface area contributed by atoms with Crippen LogP contribution in [0.15, 0.2) is 54.6 Å². The first-order valence-corrected chi connectivity index (χ1v) is 10.1. The molecule has 1 heterocycles. The van der Waals surface area contributed by atoms with E-state index in [-0.39, 0.29) is 17.7 Å². The maximum atomic E-state index is 12.7. The van der Waals surface area contributed by atoms with Crippen molar-refractivity contribution in [3.05, 3.63) is 70.7 Å². The number of halogens is 1. The van der Waals surface area contributed by atoms with Crippen LogP contribution >= 0.6 is 11.6 Å². The molecule has 2 aromatic carbocycles. The van der Waals surface area contributed by atoms with E-state index in [1.165, 1.54) is 0 Å². The summed E-state index contributed by atoms with van der Waals surface area (Å²) in [4.78, 5) is 38.9. The van der Waals surface area contributed by atoms with E-state index in [0.717, 1.165) is 6.42 Å². The second-order valence-electron chi connectivity index (χ2n) is 6.93. The fourth-order valence-corrected chi connectivity index (χ4v) is 3.57. The van der Waals surface area contributed by atoms with Crippen LogP contribution in [0, 0.1) is 0 Å². The molecule has 1 aliphatic heterocycles. The van der Waals surface area contributed by atoms with Crippen LogP contribution in [0.3, 0.4) is 0 Å². The minimum absolute atomic E-state index is 0.133. The molecule has 7 heteroatoms. The molecule has 0 spiro atoms. The number of carbonyl (C=O) groups is 3. The van der Waals surface area contributed by atoms with E-state index in [4.69, 9.17) is 11.6 Å². The zero-order chi connectivity index (χ0) is 20.6. The number of benzene rings is 2. The van der Waals surface area contributed by atoms with Gasteiger partial charge in [0.15, 0.2) is 0 Å². The Labute approximate surface area is 175 Å². The van der Waals surface area contributed by atoms with Crippen molar-refractivity contribution in [2.24, 2.45) is 0 Å². The van der Waals surface area contributed by atoms with Crippen molar-refractivity contribution in [3.8, 4) is 0 Å². The summed E-state index contributed by atoms with van der Waals surface area (Å²) in [6.07, 6.45) is 2.04. The van der Waals surface area contributed by atoms with Crippen molar-refractivity contribution in [2.45, 2.75) is 25.3 Å². The Morgan fingerprint density at radius 2 is 1.69 bits per heavy atom. The number of hydrogen-bond acceptors (Lipinski definition) is 3. The molecule has 0 unspecified atom stereocenters. The average Bonchev–Trinajstić information content (AvgIpc) is 3.23. The predicted octanol–water partition coefficient (Wildman–Crippen LogP) is 2.88. The Kier molecular flexibility index (Phi) is 7.25. The predicted molar refractivity (Wildman–Crippen MR) is 112 cm³/mol. The van der Waals surface area contributed by atoms with Crippen LogP contribution in [-0.4, -0.2) is 48.3 Å². The van der Waals surface area contributed by atoms with Crippen molar-refractivity contribution in [3.63, 3.8) is 0 Å². The lowest BCUT2D eigenvalue weighted by atomic mass is 10.1. The molecule has 1 atom stereocenters. The van der Waals surface area contributed by atoms with Gasteiger partial charge < -0.3 is 15.5 Å². The van der Waals surface area contributed by atoms with Crippen LogP contribution in [0.4, 0.5) is 0 Å². The van der Waals surface area contributed by atoms with E-state index in [1.807, 2.05) is 18.2 Å². The first kappa shape index (κ1) is 20.9. The van der Waals surface area contributed by atoms with Gasteiger partial charge in [-0.25, -0.2) is 0 Å². The maximum absolute atomic E-state index is 12.7. The summed E-state index contributed by atoms with van der Waals surface area (Å²) in [5.41, 5.74) is 1.10. The molecule has 0 bridgehead atoms. The summed E-state index contributed by atoms with van der Waals surface area (Å²) in [6.45, 7) is 1.45. The highest BCUT2D eigenvalue weighted by atomic mass is 35.5. The van der Waals surface area contributed by atoms with E-state index < -0.39 is 6.04 Å². The van der Waals surface area contributed by atoms with Gasteiger partial charge in [-0.05, 0) is 49.6 Å². The number of nitrogens with one attached hydrogen (secondary N) is 2. The third-order valence-electron chi connectivity index (χ3n) is 4.86. The number of rotatable bonds is 7. The topological polar surface area (TPSA) is 78.5 Å². The van der Waals surface area contributed by atoms with Gasteiger partial charge in [0, 0.05) is 35.8 Å². The lowest BCUT2D eigenvalue weighted by molar-refractivity contribution is -0.124. The Morgan fingerprint density at radius 1 is 0.966 bits per heavy atom. The first-order valence-electron chi connectivity index (χ1n) is 9.74. The standard InChI is InChI=1S/C22H24ClN3O3/c23-18-10-4-9-17(15-18)22(29)26-14-5-11-19(26)21(28)25-13-6-12-24-20(27)16-7-2-1-3-8-16/h1-4,7-10,15,19H,5-6,11-14H2,(H,24,27)(H,25,28)/t19-/m0/s1. The molecule has 0 aromatic heterocycles. The smallest absolute Gasteiger partial charge is 0.254 e. The molecule has 152 valence electrons. The normalized spacial score (nSPS) is 15.8. The Balaban J connectivity index is 1.44. The van der Waals surface area contributed by atoms with Crippen LogP contribution in [0.5, 0.6) is 0 Å². The highest BCUT2D eigenvalue weighted by molar-refractivity contribution is 6.31. The fourth-order valence-electron chi connectivity index (χ4n) is 3.38. The molecule has 2 aromatic rings. The van der Waals surface area contributed by atoms with Crippen LogP contribution < -0.4 is 10.6 Å². The molecular formula is C22H24ClN3O3. The minimum atomic E-state index is -0.472. The highest BCUT2D eigenvalue weighted by Gasteiger charge is 2.34. The Hall–Kier alpha value is -2.86. The SMILES string of the molecule is O=C(NCCCNC(=O)[C@@H]1CCCN1C(=O)c1cccc(Cl)c1)c1ccccc1. The van der Waals surface area contributed by atoms with Gasteiger partial charge in [-0.3, -0.25) is 14.4 Å². The summed E-state index contributed by atoms with van der Waals surface area (Å²) in [5, 5.41) is 6.20. The molecular weight excluding hydrogens is 390 g/mol. The quantitative estimate of drug-likeness (QED) is 0.685. The minimum Gasteiger partial charge on any atom is -0.354 e. The van der Waals surface area contributed by atoms with E-state index in [9.17, 15) is 14.4 Å². The second-order valence-corrected chi connectivity index (χ2v) is 7.37. The summed E-state index contributed by atoms with van der Waals surface area (Å²) >= 11 is 5.97. The van der Waals surface area contributed by atoms with Gasteiger partial charge in [-0.1, -0.05) is 35.9 Å². The maximum Gasteiger partial charge on any atom is 0.254 e. The largest absolute Gasteiger partial charge is 0.354 e. The van der Waals surface area contributed by atoms with Crippen LogP contribution in [0.1, 0.15) is 40.0 Å². The number of nitrogens with zero attached hydrogens (tertiary/aromatic N) is 1. The zero-order valence-corrected chi connectivity index (χ0v) is 16.8. The monoisotopic (exact) mass is 413 g/mol. The van der Waals surface area contributed by atoms with Crippen LogP contribution in [-0.2, 0) is 4.79 Å². The van der Waals surface area contributed by atoms with Crippen molar-refractivity contribution in [1.82, 2.24) is 15.5 Å². The molecule has 1 fully saturated rings. The molecule has 1 saturated heterocycles. The van der Waals surface area contributed by atoms with Crippen molar-refractivity contribution < 1.29 is 14.4 Å². The number of amides is 3. The highest BCUT2D eigenvalue weighted by Crippen LogP contribution is 2.21. The van der Waals surface area contributed by atoms with Gasteiger partial charge in [0.1, 0.15) is 6.04 Å². The summed E-state index contributed by atoms with van der Waals surface area (Å²) in [6, 6.07) is 15.3. The summed E-state index contributed by atoms with van der Waals surface area (Å²) in [5.74, 6) is -0.474. The van der Waals surface area contributed by atoms with Crippen molar-refractivity contribution >= 4 is 29.3 Å². The summed E-state index contributed by atoms with van der Waals surface area (Å²) < 4.78 is 0. The second kappa shape index (κ2) is 10.1. The number of hydrogen-bond donors (Lipinski definition) is 2. The molecule has 6 nitrogen and oxygen atoms in total. The molecule has 1 aliphatic rings. The van der Waals surface area contributed by atoms with Crippen LogP contribution in [0.25, 0.3) is 0 Å². The third-order valence-corrected chi connectivity index (χ3v) is 5.10. The van der Waals surface area contributed by atoms with Crippen LogP contribution in [0.2, 0.25) is 5.02 Å². The van der Waals surface area contributed by atoms with Gasteiger partial charge in [-0.2, -0.15) is 0 Å². The molecule has 2 N–H and O–H groups in total. The lowest BCUT2D eigenvalue weighted by Gasteiger charge is -2.24. The van der Waals surface area contributed by atoms with E-state index in [2.05, 4.69) is 10.6 Å². The number of likely N-dealkylation sites (tertiary alicyclic amines) is 1. The Bertz CT molecular complexity index is 873. The lowest BCUT2D eigenvalue weighted by Crippen LogP contribution is -2.46. The molecule has 29 heavy (non-hydrogen) atoms. The number of carbonyl (C=O) groups excluding carboxylic acids is 3. The zero-order valence-electron chi connectivity index (χ0n) is 16.1. The molecule has 0 aliphatic carbocycles. The summed E-state index contributed by atoms with van der Waals surface area (Å²) in [7, 11) is 0. The Morgan fingerprint density at radius 3 is 2.45 bits per heavy atom.